The van der Waals surface area contributed by atoms with Crippen LogP contribution in [0.3, 0.4) is 0 Å². The van der Waals surface area contributed by atoms with E-state index in [4.69, 9.17) is 5.73 Å². The number of hydrogen-bond donors (Lipinski definition) is 1. The average Bonchev–Trinajstić information content (AvgIpc) is 3.64. The first-order chi connectivity index (χ1) is 18.5. The fraction of sp³-hybridized carbons (Fsp3) is 0.400. The highest BCUT2D eigenvalue weighted by molar-refractivity contribution is 5.93. The van der Waals surface area contributed by atoms with Crippen molar-refractivity contribution in [2.24, 2.45) is 5.73 Å². The van der Waals surface area contributed by atoms with Gasteiger partial charge in [-0.15, -0.1) is 0 Å². The fourth-order valence-electron chi connectivity index (χ4n) is 6.65. The molecule has 194 valence electrons. The number of carbonyl (C=O) groups excluding carboxylic acids is 3. The number of likely N-dealkylation sites (tertiary alicyclic amines) is 3. The molecule has 2 bridgehead atoms. The molecule has 3 amide bonds. The number of piperazine rings is 1. The van der Waals surface area contributed by atoms with E-state index in [9.17, 15) is 19.6 Å². The van der Waals surface area contributed by atoms with Crippen molar-refractivity contribution in [3.8, 4) is 6.07 Å². The van der Waals surface area contributed by atoms with Crippen LogP contribution < -0.4 is 5.73 Å². The van der Waals surface area contributed by atoms with Gasteiger partial charge in [0.1, 0.15) is 18.1 Å². The first-order valence-corrected chi connectivity index (χ1v) is 13.4. The van der Waals surface area contributed by atoms with Gasteiger partial charge >= 0.3 is 0 Å². The molecule has 3 heterocycles. The Bertz CT molecular complexity index is 1310. The molecule has 0 saturated carbocycles. The molecule has 38 heavy (non-hydrogen) atoms. The molecule has 8 heteroatoms. The van der Waals surface area contributed by atoms with Gasteiger partial charge in [0.25, 0.3) is 0 Å². The van der Waals surface area contributed by atoms with E-state index in [2.05, 4.69) is 42.5 Å². The summed E-state index contributed by atoms with van der Waals surface area (Å²) in [5.41, 5.74) is 10.7. The Balaban J connectivity index is 1.15. The summed E-state index contributed by atoms with van der Waals surface area (Å²) in [5.74, 6) is -0.553. The van der Waals surface area contributed by atoms with E-state index in [1.165, 1.54) is 4.90 Å². The summed E-state index contributed by atoms with van der Waals surface area (Å²) >= 11 is 0. The third kappa shape index (κ3) is 4.07. The molecule has 3 saturated heterocycles. The largest absolute Gasteiger partial charge is 0.334 e. The van der Waals surface area contributed by atoms with Crippen LogP contribution in [-0.2, 0) is 14.4 Å². The van der Waals surface area contributed by atoms with E-state index < -0.39 is 18.1 Å². The molecular formula is C30H31N5O3. The lowest BCUT2D eigenvalue weighted by molar-refractivity contribution is -0.147. The zero-order valence-corrected chi connectivity index (χ0v) is 21.2. The van der Waals surface area contributed by atoms with Crippen molar-refractivity contribution in [3.63, 3.8) is 0 Å². The van der Waals surface area contributed by atoms with Gasteiger partial charge in [0, 0.05) is 32.0 Å². The minimum Gasteiger partial charge on any atom is -0.334 e. The van der Waals surface area contributed by atoms with E-state index in [1.54, 1.807) is 9.80 Å². The summed E-state index contributed by atoms with van der Waals surface area (Å²) in [6.45, 7) is 1.09. The molecule has 1 aliphatic carbocycles. The van der Waals surface area contributed by atoms with E-state index in [1.807, 2.05) is 24.3 Å². The first kappa shape index (κ1) is 24.4. The Morgan fingerprint density at radius 3 is 2.32 bits per heavy atom. The van der Waals surface area contributed by atoms with Gasteiger partial charge in [-0.1, -0.05) is 60.7 Å². The zero-order valence-electron chi connectivity index (χ0n) is 21.2. The number of nitriles is 1. The van der Waals surface area contributed by atoms with Gasteiger partial charge in [-0.05, 0) is 41.5 Å². The molecule has 3 aliphatic heterocycles. The summed E-state index contributed by atoms with van der Waals surface area (Å²) in [4.78, 5) is 44.8. The second-order valence-electron chi connectivity index (χ2n) is 10.7. The Hall–Kier alpha value is -3.96. The van der Waals surface area contributed by atoms with Gasteiger partial charge in [-0.2, -0.15) is 5.26 Å². The second kappa shape index (κ2) is 9.73. The SMILES string of the molecule is N#C[C@@H]1CCCN1C(=O)[C@@H](N)CN1C(=O)[C@H]2C[C@@H]1CN2C(=O)CC1c2ccccc2C=Cc2ccccc21. The Kier molecular flexibility index (Phi) is 6.24. The Morgan fingerprint density at radius 1 is 1.03 bits per heavy atom. The molecule has 4 aliphatic rings. The van der Waals surface area contributed by atoms with Crippen LogP contribution in [0.4, 0.5) is 0 Å². The third-order valence-corrected chi connectivity index (χ3v) is 8.57. The highest BCUT2D eigenvalue weighted by Gasteiger charge is 2.52. The maximum Gasteiger partial charge on any atom is 0.245 e. The highest BCUT2D eigenvalue weighted by Crippen LogP contribution is 2.39. The van der Waals surface area contributed by atoms with Crippen molar-refractivity contribution in [3.05, 3.63) is 70.8 Å². The van der Waals surface area contributed by atoms with Crippen LogP contribution in [0.25, 0.3) is 12.2 Å². The summed E-state index contributed by atoms with van der Waals surface area (Å²) < 4.78 is 0. The van der Waals surface area contributed by atoms with Crippen LogP contribution in [0.5, 0.6) is 0 Å². The number of nitrogens with two attached hydrogens (primary N) is 1. The van der Waals surface area contributed by atoms with Crippen molar-refractivity contribution in [1.82, 2.24) is 14.7 Å². The Morgan fingerprint density at radius 2 is 1.68 bits per heavy atom. The van der Waals surface area contributed by atoms with Crippen LogP contribution in [0.1, 0.15) is 53.9 Å². The zero-order chi connectivity index (χ0) is 26.4. The highest BCUT2D eigenvalue weighted by atomic mass is 16.2. The van der Waals surface area contributed by atoms with Gasteiger partial charge < -0.3 is 20.4 Å². The van der Waals surface area contributed by atoms with Gasteiger partial charge in [0.15, 0.2) is 0 Å². The summed E-state index contributed by atoms with van der Waals surface area (Å²) in [7, 11) is 0. The number of nitrogens with zero attached hydrogens (tertiary/aromatic N) is 4. The molecular weight excluding hydrogens is 478 g/mol. The molecule has 8 nitrogen and oxygen atoms in total. The van der Waals surface area contributed by atoms with Crippen molar-refractivity contribution >= 4 is 29.9 Å². The van der Waals surface area contributed by atoms with Gasteiger partial charge in [0.05, 0.1) is 12.1 Å². The van der Waals surface area contributed by atoms with Crippen LogP contribution in [-0.4, -0.2) is 76.2 Å². The quantitative estimate of drug-likeness (QED) is 0.665. The fourth-order valence-corrected chi connectivity index (χ4v) is 6.65. The van der Waals surface area contributed by atoms with Crippen LogP contribution in [0.2, 0.25) is 0 Å². The molecule has 3 fully saturated rings. The smallest absolute Gasteiger partial charge is 0.245 e. The normalized spacial score (nSPS) is 24.7. The number of rotatable bonds is 5. The third-order valence-electron chi connectivity index (χ3n) is 8.57. The molecule has 4 atom stereocenters. The molecule has 0 radical (unpaired) electrons. The minimum absolute atomic E-state index is 0.0312. The lowest BCUT2D eigenvalue weighted by atomic mass is 9.85. The number of amides is 3. The second-order valence-corrected chi connectivity index (χ2v) is 10.7. The van der Waals surface area contributed by atoms with Gasteiger partial charge in [-0.25, -0.2) is 0 Å². The lowest BCUT2D eigenvalue weighted by Gasteiger charge is -2.36. The van der Waals surface area contributed by atoms with Crippen molar-refractivity contribution in [1.29, 1.82) is 5.26 Å². The molecule has 2 aromatic rings. The molecule has 6 rings (SSSR count). The van der Waals surface area contributed by atoms with E-state index in [-0.39, 0.29) is 42.6 Å². The molecule has 0 aromatic heterocycles. The molecule has 0 spiro atoms. The standard InChI is InChI=1S/C30H31N5O3/c31-16-21-8-5-13-33(21)29(37)26(32)18-34-22-14-27(30(34)38)35(17-22)28(36)15-25-23-9-3-1-6-19(23)11-12-20-7-2-4-10-24(20)25/h1-4,6-7,9-12,21-22,25-27H,5,8,13-15,17-18,32H2/t21-,22+,26-,27+/m0/s1. The monoisotopic (exact) mass is 509 g/mol. The summed E-state index contributed by atoms with van der Waals surface area (Å²) in [6.07, 6.45) is 6.50. The van der Waals surface area contributed by atoms with Crippen molar-refractivity contribution in [2.45, 2.75) is 55.8 Å². The van der Waals surface area contributed by atoms with E-state index >= 15 is 0 Å². The Labute approximate surface area is 222 Å². The van der Waals surface area contributed by atoms with E-state index in [0.717, 1.165) is 28.7 Å². The number of carbonyl (C=O) groups is 3. The number of hydrogen-bond acceptors (Lipinski definition) is 5. The van der Waals surface area contributed by atoms with Gasteiger partial charge in [0.2, 0.25) is 17.7 Å². The van der Waals surface area contributed by atoms with Gasteiger partial charge in [-0.3, -0.25) is 14.4 Å². The average molecular weight is 510 g/mol. The molecule has 2 aromatic carbocycles. The maximum atomic E-state index is 13.7. The summed E-state index contributed by atoms with van der Waals surface area (Å²) in [5, 5.41) is 9.31. The molecule has 0 unspecified atom stereocenters. The minimum atomic E-state index is -0.872. The number of benzene rings is 2. The lowest BCUT2D eigenvalue weighted by Crippen LogP contribution is -2.57. The summed E-state index contributed by atoms with van der Waals surface area (Å²) in [6, 6.07) is 16.5. The van der Waals surface area contributed by atoms with Crippen LogP contribution >= 0.6 is 0 Å². The first-order valence-electron chi connectivity index (χ1n) is 13.4. The number of fused-ring (bicyclic) bond motifs is 4. The predicted molar refractivity (Wildman–Crippen MR) is 142 cm³/mol. The molecule has 2 N–H and O–H groups in total. The van der Waals surface area contributed by atoms with Crippen molar-refractivity contribution in [2.75, 3.05) is 19.6 Å². The van der Waals surface area contributed by atoms with Crippen LogP contribution in [0, 0.1) is 11.3 Å². The topological polar surface area (TPSA) is 111 Å². The van der Waals surface area contributed by atoms with Crippen molar-refractivity contribution < 1.29 is 14.4 Å². The maximum absolute atomic E-state index is 13.7. The predicted octanol–water partition coefficient (Wildman–Crippen LogP) is 2.35. The van der Waals surface area contributed by atoms with Crippen LogP contribution in [0.15, 0.2) is 48.5 Å². The van der Waals surface area contributed by atoms with E-state index in [0.29, 0.717) is 25.9 Å².